The number of phenols is 1. The van der Waals surface area contributed by atoms with Crippen LogP contribution in [0.15, 0.2) is 54.6 Å². The summed E-state index contributed by atoms with van der Waals surface area (Å²) in [4.78, 5) is 11.9. The van der Waals surface area contributed by atoms with Crippen LogP contribution in [-0.4, -0.2) is 17.6 Å². The number of phenolic OH excluding ortho intramolecular Hbond substituents is 1. The van der Waals surface area contributed by atoms with Crippen LogP contribution in [0.1, 0.15) is 16.0 Å². The highest BCUT2D eigenvalue weighted by atomic mass is 79.9. The quantitative estimate of drug-likeness (QED) is 0.825. The Hall–Kier alpha value is -1.81. The van der Waals surface area contributed by atoms with Crippen molar-refractivity contribution in [3.8, 4) is 5.75 Å². The molecule has 0 aliphatic rings. The Morgan fingerprint density at radius 2 is 1.75 bits per heavy atom. The van der Waals surface area contributed by atoms with E-state index in [2.05, 4.69) is 21.2 Å². The van der Waals surface area contributed by atoms with Crippen LogP contribution in [0.2, 0.25) is 0 Å². The molecule has 1 unspecified atom stereocenters. The van der Waals surface area contributed by atoms with E-state index in [1.807, 2.05) is 30.3 Å². The molecule has 1 atom stereocenters. The van der Waals surface area contributed by atoms with Crippen LogP contribution < -0.4 is 5.32 Å². The van der Waals surface area contributed by atoms with Gasteiger partial charge in [0.25, 0.3) is 0 Å². The van der Waals surface area contributed by atoms with E-state index in [0.717, 1.165) is 5.56 Å². The molecule has 0 radical (unpaired) electrons. The van der Waals surface area contributed by atoms with Gasteiger partial charge in [0, 0.05) is 12.1 Å². The first kappa shape index (κ1) is 14.6. The summed E-state index contributed by atoms with van der Waals surface area (Å²) in [6.45, 7) is 0.510. The molecule has 0 heterocycles. The normalized spacial score (nSPS) is 11.8. The van der Waals surface area contributed by atoms with Crippen LogP contribution in [0.25, 0.3) is 0 Å². The Kier molecular flexibility index (Phi) is 5.18. The maximum Gasteiger partial charge on any atom is 0.224 e. The lowest BCUT2D eigenvalue weighted by atomic mass is 10.1. The molecule has 2 rings (SSSR count). The fraction of sp³-hybridized carbons (Fsp3) is 0.188. The zero-order chi connectivity index (χ0) is 14.4. The summed E-state index contributed by atoms with van der Waals surface area (Å²) in [7, 11) is 0. The second-order valence-electron chi connectivity index (χ2n) is 4.49. The van der Waals surface area contributed by atoms with Crippen molar-refractivity contribution in [2.24, 2.45) is 0 Å². The van der Waals surface area contributed by atoms with Crippen molar-refractivity contribution in [2.45, 2.75) is 11.2 Å². The lowest BCUT2D eigenvalue weighted by molar-refractivity contribution is -0.120. The van der Waals surface area contributed by atoms with Crippen LogP contribution in [0.4, 0.5) is 0 Å². The Labute approximate surface area is 126 Å². The smallest absolute Gasteiger partial charge is 0.224 e. The summed E-state index contributed by atoms with van der Waals surface area (Å²) in [5, 5.41) is 12.5. The third-order valence-corrected chi connectivity index (χ3v) is 3.83. The monoisotopic (exact) mass is 333 g/mol. The third-order valence-electron chi connectivity index (χ3n) is 2.98. The van der Waals surface area contributed by atoms with Gasteiger partial charge in [-0.1, -0.05) is 64.5 Å². The molecule has 0 fully saturated rings. The molecule has 0 aromatic heterocycles. The van der Waals surface area contributed by atoms with E-state index in [-0.39, 0.29) is 22.9 Å². The number of halogens is 1. The summed E-state index contributed by atoms with van der Waals surface area (Å²) in [5.41, 5.74) is 1.76. The Morgan fingerprint density at radius 1 is 1.10 bits per heavy atom. The van der Waals surface area contributed by atoms with Crippen LogP contribution in [0, 0.1) is 0 Å². The fourth-order valence-corrected chi connectivity index (χ4v) is 2.35. The van der Waals surface area contributed by atoms with Crippen LogP contribution in [-0.2, 0) is 11.2 Å². The van der Waals surface area contributed by atoms with Crippen molar-refractivity contribution in [2.75, 3.05) is 6.54 Å². The lowest BCUT2D eigenvalue weighted by Crippen LogP contribution is -2.28. The van der Waals surface area contributed by atoms with Gasteiger partial charge in [0.1, 0.15) is 5.75 Å². The molecule has 0 bridgehead atoms. The van der Waals surface area contributed by atoms with E-state index in [1.165, 1.54) is 0 Å². The number of rotatable bonds is 5. The topological polar surface area (TPSA) is 49.3 Å². The van der Waals surface area contributed by atoms with E-state index >= 15 is 0 Å². The van der Waals surface area contributed by atoms with Gasteiger partial charge in [0.2, 0.25) is 5.91 Å². The first-order valence-electron chi connectivity index (χ1n) is 6.39. The standard InChI is InChI=1S/C16H16BrNO2/c17-14(12-6-2-1-3-7-12)11-18-16(20)10-13-8-4-5-9-15(13)19/h1-9,14,19H,10-11H2,(H,18,20). The van der Waals surface area contributed by atoms with Gasteiger partial charge in [0.15, 0.2) is 0 Å². The molecule has 2 aromatic carbocycles. The highest BCUT2D eigenvalue weighted by Gasteiger charge is 2.10. The molecule has 2 aromatic rings. The van der Waals surface area contributed by atoms with Crippen molar-refractivity contribution in [1.29, 1.82) is 0 Å². The molecule has 0 aliphatic carbocycles. The molecule has 3 nitrogen and oxygen atoms in total. The Bertz CT molecular complexity index is 572. The largest absolute Gasteiger partial charge is 0.508 e. The number of hydrogen-bond donors (Lipinski definition) is 2. The Morgan fingerprint density at radius 3 is 2.45 bits per heavy atom. The number of carbonyl (C=O) groups excluding carboxylic acids is 1. The third kappa shape index (κ3) is 4.10. The number of alkyl halides is 1. The summed E-state index contributed by atoms with van der Waals surface area (Å²) in [5.74, 6) is 0.0491. The maximum atomic E-state index is 11.9. The number of aromatic hydroxyl groups is 1. The van der Waals surface area contributed by atoms with Gasteiger partial charge in [0.05, 0.1) is 11.2 Å². The highest BCUT2D eigenvalue weighted by molar-refractivity contribution is 9.09. The molecular weight excluding hydrogens is 318 g/mol. The molecular formula is C16H16BrNO2. The highest BCUT2D eigenvalue weighted by Crippen LogP contribution is 2.21. The fourth-order valence-electron chi connectivity index (χ4n) is 1.88. The van der Waals surface area contributed by atoms with Gasteiger partial charge >= 0.3 is 0 Å². The second kappa shape index (κ2) is 7.10. The van der Waals surface area contributed by atoms with Gasteiger partial charge in [-0.05, 0) is 11.6 Å². The van der Waals surface area contributed by atoms with Crippen LogP contribution in [0.3, 0.4) is 0 Å². The number of amides is 1. The number of nitrogens with one attached hydrogen (secondary N) is 1. The summed E-state index contributed by atoms with van der Waals surface area (Å²) < 4.78 is 0. The zero-order valence-electron chi connectivity index (χ0n) is 10.9. The van der Waals surface area contributed by atoms with E-state index in [9.17, 15) is 9.90 Å². The van der Waals surface area contributed by atoms with Crippen molar-refractivity contribution >= 4 is 21.8 Å². The van der Waals surface area contributed by atoms with E-state index in [0.29, 0.717) is 12.1 Å². The molecule has 0 aliphatic heterocycles. The van der Waals surface area contributed by atoms with Gasteiger partial charge in [-0.15, -0.1) is 0 Å². The van der Waals surface area contributed by atoms with Gasteiger partial charge in [-0.25, -0.2) is 0 Å². The average Bonchev–Trinajstić information content (AvgIpc) is 2.48. The molecule has 1 amide bonds. The summed E-state index contributed by atoms with van der Waals surface area (Å²) >= 11 is 3.55. The average molecular weight is 334 g/mol. The van der Waals surface area contributed by atoms with Crippen LogP contribution in [0.5, 0.6) is 5.75 Å². The minimum absolute atomic E-state index is 0.0806. The van der Waals surface area contributed by atoms with Gasteiger partial charge < -0.3 is 10.4 Å². The molecule has 0 saturated heterocycles. The lowest BCUT2D eigenvalue weighted by Gasteiger charge is -2.12. The SMILES string of the molecule is O=C(Cc1ccccc1O)NCC(Br)c1ccccc1. The molecule has 4 heteroatoms. The predicted octanol–water partition coefficient (Wildman–Crippen LogP) is 3.19. The van der Waals surface area contributed by atoms with Crippen molar-refractivity contribution in [3.05, 3.63) is 65.7 Å². The molecule has 104 valence electrons. The molecule has 20 heavy (non-hydrogen) atoms. The van der Waals surface area contributed by atoms with E-state index in [1.54, 1.807) is 24.3 Å². The minimum Gasteiger partial charge on any atom is -0.508 e. The van der Waals surface area contributed by atoms with Crippen LogP contribution >= 0.6 is 15.9 Å². The summed E-state index contributed by atoms with van der Waals surface area (Å²) in [6, 6.07) is 16.8. The number of carbonyl (C=O) groups is 1. The number of hydrogen-bond acceptors (Lipinski definition) is 2. The molecule has 0 spiro atoms. The Balaban J connectivity index is 1.85. The van der Waals surface area contributed by atoms with E-state index in [4.69, 9.17) is 0 Å². The number of benzene rings is 2. The second-order valence-corrected chi connectivity index (χ2v) is 5.59. The van der Waals surface area contributed by atoms with Crippen molar-refractivity contribution in [1.82, 2.24) is 5.32 Å². The van der Waals surface area contributed by atoms with Crippen molar-refractivity contribution in [3.63, 3.8) is 0 Å². The maximum absolute atomic E-state index is 11.9. The number of para-hydroxylation sites is 1. The van der Waals surface area contributed by atoms with Gasteiger partial charge in [-0.3, -0.25) is 4.79 Å². The first-order chi connectivity index (χ1) is 9.66. The van der Waals surface area contributed by atoms with Crippen molar-refractivity contribution < 1.29 is 9.90 Å². The van der Waals surface area contributed by atoms with Gasteiger partial charge in [-0.2, -0.15) is 0 Å². The molecule has 2 N–H and O–H groups in total. The first-order valence-corrected chi connectivity index (χ1v) is 7.31. The summed E-state index contributed by atoms with van der Waals surface area (Å²) in [6.07, 6.45) is 0.182. The zero-order valence-corrected chi connectivity index (χ0v) is 12.5. The van der Waals surface area contributed by atoms with E-state index < -0.39 is 0 Å². The minimum atomic E-state index is -0.105. The predicted molar refractivity (Wildman–Crippen MR) is 82.9 cm³/mol. The molecule has 0 saturated carbocycles.